The van der Waals surface area contributed by atoms with E-state index in [4.69, 9.17) is 27.9 Å². The highest BCUT2D eigenvalue weighted by atomic mass is 35.5. The van der Waals surface area contributed by atoms with Crippen molar-refractivity contribution in [2.24, 2.45) is 0 Å². The van der Waals surface area contributed by atoms with Gasteiger partial charge >= 0.3 is 5.97 Å². The van der Waals surface area contributed by atoms with Gasteiger partial charge in [-0.1, -0.05) is 35.3 Å². The fourth-order valence-electron chi connectivity index (χ4n) is 1.85. The monoisotopic (exact) mass is 401 g/mol. The first-order valence-corrected chi connectivity index (χ1v) is 9.54. The number of nitrogens with one attached hydrogen (secondary N) is 1. The van der Waals surface area contributed by atoms with E-state index >= 15 is 0 Å². The summed E-state index contributed by atoms with van der Waals surface area (Å²) in [5, 5.41) is 2.85. The Morgan fingerprint density at radius 3 is 2.40 bits per heavy atom. The molecule has 0 heterocycles. The molecule has 0 aromatic heterocycles. The molecular weight excluding hydrogens is 389 g/mol. The molecule has 0 aliphatic heterocycles. The summed E-state index contributed by atoms with van der Waals surface area (Å²) >= 11 is 11.8. The van der Waals surface area contributed by atoms with Crippen LogP contribution in [0.1, 0.15) is 10.4 Å². The van der Waals surface area contributed by atoms with Crippen molar-refractivity contribution >= 4 is 50.6 Å². The molecule has 0 unspecified atom stereocenters. The van der Waals surface area contributed by atoms with E-state index in [0.29, 0.717) is 10.7 Å². The lowest BCUT2D eigenvalue weighted by Gasteiger charge is -2.09. The van der Waals surface area contributed by atoms with Crippen LogP contribution in [0.15, 0.2) is 47.4 Å². The number of benzene rings is 2. The largest absolute Gasteiger partial charge is 0.452 e. The zero-order chi connectivity index (χ0) is 18.6. The van der Waals surface area contributed by atoms with E-state index < -0.39 is 28.3 Å². The Balaban J connectivity index is 2.05. The molecule has 0 atom stereocenters. The second-order valence-electron chi connectivity index (χ2n) is 5.02. The SMILES string of the molecule is CS(=O)(=O)c1ccc(Cl)c(C(=O)OCC(=O)Nc2ccccc2Cl)c1. The summed E-state index contributed by atoms with van der Waals surface area (Å²) in [6.07, 6.45) is 1.00. The van der Waals surface area contributed by atoms with Crippen molar-refractivity contribution in [2.45, 2.75) is 4.90 Å². The third-order valence-electron chi connectivity index (χ3n) is 3.07. The number of hydrogen-bond donors (Lipinski definition) is 1. The summed E-state index contributed by atoms with van der Waals surface area (Å²) in [6.45, 7) is -0.580. The quantitative estimate of drug-likeness (QED) is 0.776. The van der Waals surface area contributed by atoms with Crippen LogP contribution in [0.3, 0.4) is 0 Å². The van der Waals surface area contributed by atoms with Gasteiger partial charge in [-0.2, -0.15) is 0 Å². The number of carbonyl (C=O) groups is 2. The Hall–Kier alpha value is -2.09. The average molecular weight is 402 g/mol. The van der Waals surface area contributed by atoms with Gasteiger partial charge in [-0.15, -0.1) is 0 Å². The molecule has 0 radical (unpaired) electrons. The molecule has 25 heavy (non-hydrogen) atoms. The van der Waals surface area contributed by atoms with Crippen LogP contribution in [0.25, 0.3) is 0 Å². The van der Waals surface area contributed by atoms with Crippen molar-refractivity contribution in [2.75, 3.05) is 18.2 Å². The van der Waals surface area contributed by atoms with Gasteiger partial charge in [0.05, 0.1) is 26.2 Å². The van der Waals surface area contributed by atoms with Crippen LogP contribution in [-0.4, -0.2) is 33.2 Å². The van der Waals surface area contributed by atoms with Gasteiger partial charge < -0.3 is 10.1 Å². The second-order valence-corrected chi connectivity index (χ2v) is 7.85. The molecule has 0 bridgehead atoms. The number of sulfone groups is 1. The van der Waals surface area contributed by atoms with E-state index in [1.165, 1.54) is 12.1 Å². The van der Waals surface area contributed by atoms with Gasteiger partial charge in [-0.25, -0.2) is 13.2 Å². The Labute approximate surface area is 154 Å². The normalized spacial score (nSPS) is 11.0. The Kier molecular flexibility index (Phi) is 6.05. The molecule has 1 amide bonds. The number of carbonyl (C=O) groups excluding carboxylic acids is 2. The molecule has 0 fully saturated rings. The molecule has 6 nitrogen and oxygen atoms in total. The van der Waals surface area contributed by atoms with Crippen molar-refractivity contribution in [1.82, 2.24) is 0 Å². The molecule has 2 aromatic carbocycles. The summed E-state index contributed by atoms with van der Waals surface area (Å²) < 4.78 is 28.0. The Morgan fingerprint density at radius 1 is 1.08 bits per heavy atom. The maximum absolute atomic E-state index is 12.1. The molecule has 0 saturated heterocycles. The van der Waals surface area contributed by atoms with E-state index in [-0.39, 0.29) is 15.5 Å². The van der Waals surface area contributed by atoms with Gasteiger partial charge in [0, 0.05) is 6.26 Å². The van der Waals surface area contributed by atoms with Gasteiger partial charge in [0.2, 0.25) is 0 Å². The van der Waals surface area contributed by atoms with Gasteiger partial charge in [-0.05, 0) is 30.3 Å². The van der Waals surface area contributed by atoms with Crippen LogP contribution in [0.2, 0.25) is 10.0 Å². The van der Waals surface area contributed by atoms with Crippen LogP contribution in [0.4, 0.5) is 5.69 Å². The van der Waals surface area contributed by atoms with E-state index in [1.807, 2.05) is 0 Å². The lowest BCUT2D eigenvalue weighted by molar-refractivity contribution is -0.119. The first-order chi connectivity index (χ1) is 11.7. The maximum atomic E-state index is 12.1. The predicted octanol–water partition coefficient (Wildman–Crippen LogP) is 3.19. The minimum atomic E-state index is -3.51. The van der Waals surface area contributed by atoms with Gasteiger partial charge in [0.25, 0.3) is 5.91 Å². The van der Waals surface area contributed by atoms with Crippen molar-refractivity contribution < 1.29 is 22.7 Å². The number of para-hydroxylation sites is 1. The van der Waals surface area contributed by atoms with Gasteiger partial charge in [0.15, 0.2) is 16.4 Å². The number of ether oxygens (including phenoxy) is 1. The molecule has 2 aromatic rings. The van der Waals surface area contributed by atoms with E-state index in [1.54, 1.807) is 24.3 Å². The summed E-state index contributed by atoms with van der Waals surface area (Å²) in [5.74, 6) is -1.51. The molecule has 0 aliphatic rings. The second kappa shape index (κ2) is 7.86. The smallest absolute Gasteiger partial charge is 0.340 e. The fourth-order valence-corrected chi connectivity index (χ4v) is 2.87. The standard InChI is InChI=1S/C16H13Cl2NO5S/c1-25(22,23)10-6-7-12(17)11(8-10)16(21)24-9-15(20)19-14-5-3-2-4-13(14)18/h2-8H,9H2,1H3,(H,19,20). The molecule has 9 heteroatoms. The Morgan fingerprint density at radius 2 is 1.76 bits per heavy atom. The molecule has 0 aliphatic carbocycles. The zero-order valence-corrected chi connectivity index (χ0v) is 15.3. The zero-order valence-electron chi connectivity index (χ0n) is 13.0. The highest BCUT2D eigenvalue weighted by Crippen LogP contribution is 2.22. The number of amides is 1. The highest BCUT2D eigenvalue weighted by molar-refractivity contribution is 7.90. The minimum Gasteiger partial charge on any atom is -0.452 e. The first-order valence-electron chi connectivity index (χ1n) is 6.89. The van der Waals surface area contributed by atoms with Gasteiger partial charge in [-0.3, -0.25) is 4.79 Å². The molecule has 0 saturated carbocycles. The maximum Gasteiger partial charge on any atom is 0.340 e. The van der Waals surface area contributed by atoms with Crippen LogP contribution in [0, 0.1) is 0 Å². The van der Waals surface area contributed by atoms with Crippen molar-refractivity contribution in [3.05, 3.63) is 58.1 Å². The molecule has 132 valence electrons. The lowest BCUT2D eigenvalue weighted by atomic mass is 10.2. The van der Waals surface area contributed by atoms with E-state index in [0.717, 1.165) is 12.3 Å². The first kappa shape index (κ1) is 19.2. The summed E-state index contributed by atoms with van der Waals surface area (Å²) in [5.41, 5.74) is 0.234. The summed E-state index contributed by atoms with van der Waals surface area (Å²) in [7, 11) is -3.51. The number of rotatable bonds is 5. The third kappa shape index (κ3) is 5.19. The third-order valence-corrected chi connectivity index (χ3v) is 4.84. The van der Waals surface area contributed by atoms with Crippen LogP contribution >= 0.6 is 23.2 Å². The number of anilines is 1. The molecule has 0 spiro atoms. The fraction of sp³-hybridized carbons (Fsp3) is 0.125. The number of esters is 1. The van der Waals surface area contributed by atoms with Gasteiger partial charge in [0.1, 0.15) is 0 Å². The number of hydrogen-bond acceptors (Lipinski definition) is 5. The molecular formula is C16H13Cl2NO5S. The summed E-state index contributed by atoms with van der Waals surface area (Å²) in [4.78, 5) is 23.8. The van der Waals surface area contributed by atoms with E-state index in [2.05, 4.69) is 5.32 Å². The van der Waals surface area contributed by atoms with Crippen molar-refractivity contribution in [3.8, 4) is 0 Å². The van der Waals surface area contributed by atoms with Crippen molar-refractivity contribution in [3.63, 3.8) is 0 Å². The molecule has 2 rings (SSSR count). The highest BCUT2D eigenvalue weighted by Gasteiger charge is 2.18. The topological polar surface area (TPSA) is 89.5 Å². The number of halogens is 2. The lowest BCUT2D eigenvalue weighted by Crippen LogP contribution is -2.21. The summed E-state index contributed by atoms with van der Waals surface area (Å²) in [6, 6.07) is 10.2. The average Bonchev–Trinajstić information content (AvgIpc) is 2.54. The van der Waals surface area contributed by atoms with Crippen molar-refractivity contribution in [1.29, 1.82) is 0 Å². The van der Waals surface area contributed by atoms with Crippen LogP contribution in [-0.2, 0) is 19.4 Å². The van der Waals surface area contributed by atoms with Crippen LogP contribution < -0.4 is 5.32 Å². The van der Waals surface area contributed by atoms with Crippen LogP contribution in [0.5, 0.6) is 0 Å². The minimum absolute atomic E-state index is 0.0175. The predicted molar refractivity (Wildman–Crippen MR) is 94.9 cm³/mol. The Bertz CT molecular complexity index is 928. The van der Waals surface area contributed by atoms with E-state index in [9.17, 15) is 18.0 Å². The molecule has 1 N–H and O–H groups in total.